The van der Waals surface area contributed by atoms with Gasteiger partial charge in [-0.1, -0.05) is 13.0 Å². The average Bonchev–Trinajstić information content (AvgIpc) is 2.53. The average molecular weight is 207 g/mol. The van der Waals surface area contributed by atoms with E-state index in [-0.39, 0.29) is 5.76 Å². The number of aryl methyl sites for hydroxylation is 1. The Hall–Kier alpha value is -1.55. The van der Waals surface area contributed by atoms with Crippen molar-refractivity contribution in [2.24, 2.45) is 7.05 Å². The van der Waals surface area contributed by atoms with Crippen molar-refractivity contribution in [2.75, 3.05) is 0 Å². The van der Waals surface area contributed by atoms with Gasteiger partial charge in [-0.25, -0.2) is 4.79 Å². The van der Waals surface area contributed by atoms with Gasteiger partial charge in [0.2, 0.25) is 0 Å². The molecule has 4 heteroatoms. The van der Waals surface area contributed by atoms with Crippen LogP contribution in [0.15, 0.2) is 27.4 Å². The van der Waals surface area contributed by atoms with Gasteiger partial charge in [-0.2, -0.15) is 0 Å². The summed E-state index contributed by atoms with van der Waals surface area (Å²) in [6.45, 7) is 1.90. The fourth-order valence-corrected chi connectivity index (χ4v) is 1.59. The van der Waals surface area contributed by atoms with E-state index in [0.29, 0.717) is 12.0 Å². The minimum absolute atomic E-state index is 0.381. The van der Waals surface area contributed by atoms with Crippen LogP contribution >= 0.6 is 0 Å². The van der Waals surface area contributed by atoms with Gasteiger partial charge < -0.3 is 9.52 Å². The van der Waals surface area contributed by atoms with Crippen molar-refractivity contribution in [2.45, 2.75) is 19.4 Å². The molecule has 2 rings (SSSR count). The molecular weight excluding hydrogens is 194 g/mol. The molecule has 1 aromatic carbocycles. The normalized spacial score (nSPS) is 13.3. The summed E-state index contributed by atoms with van der Waals surface area (Å²) in [7, 11) is 1.66. The summed E-state index contributed by atoms with van der Waals surface area (Å²) in [6.07, 6.45) is 0.141. The Balaban J connectivity index is 2.62. The van der Waals surface area contributed by atoms with E-state index in [9.17, 15) is 9.90 Å². The van der Waals surface area contributed by atoms with E-state index in [1.165, 1.54) is 4.57 Å². The Morgan fingerprint density at radius 1 is 1.53 bits per heavy atom. The molecule has 80 valence electrons. The topological polar surface area (TPSA) is 55.4 Å². The monoisotopic (exact) mass is 207 g/mol. The lowest BCUT2D eigenvalue weighted by Crippen LogP contribution is -2.08. The highest BCUT2D eigenvalue weighted by Crippen LogP contribution is 2.21. The maximum absolute atomic E-state index is 11.2. The number of aliphatic hydroxyl groups is 1. The molecule has 1 heterocycles. The zero-order valence-electron chi connectivity index (χ0n) is 8.73. The zero-order valence-corrected chi connectivity index (χ0v) is 8.73. The third-order valence-electron chi connectivity index (χ3n) is 2.59. The smallest absolute Gasteiger partial charge is 0.408 e. The molecule has 0 bridgehead atoms. The molecule has 0 aliphatic carbocycles. The van der Waals surface area contributed by atoms with Gasteiger partial charge in [0.05, 0.1) is 11.6 Å². The van der Waals surface area contributed by atoms with E-state index in [0.717, 1.165) is 11.1 Å². The van der Waals surface area contributed by atoms with E-state index in [4.69, 9.17) is 4.42 Å². The van der Waals surface area contributed by atoms with Crippen LogP contribution in [-0.4, -0.2) is 9.67 Å². The number of hydrogen-bond acceptors (Lipinski definition) is 3. The van der Waals surface area contributed by atoms with Crippen LogP contribution in [0.3, 0.4) is 0 Å². The largest absolute Gasteiger partial charge is 0.419 e. The number of fused-ring (bicyclic) bond motifs is 1. The van der Waals surface area contributed by atoms with Crippen LogP contribution in [0.5, 0.6) is 0 Å². The molecule has 0 spiro atoms. The number of hydrogen-bond donors (Lipinski definition) is 1. The van der Waals surface area contributed by atoms with Gasteiger partial charge in [-0.15, -0.1) is 0 Å². The van der Waals surface area contributed by atoms with Crippen molar-refractivity contribution in [3.05, 3.63) is 34.3 Å². The van der Waals surface area contributed by atoms with E-state index < -0.39 is 6.10 Å². The molecule has 4 nitrogen and oxygen atoms in total. The summed E-state index contributed by atoms with van der Waals surface area (Å²) >= 11 is 0. The van der Waals surface area contributed by atoms with Gasteiger partial charge in [0.1, 0.15) is 0 Å². The van der Waals surface area contributed by atoms with Crippen molar-refractivity contribution in [1.82, 2.24) is 4.57 Å². The third-order valence-corrected chi connectivity index (χ3v) is 2.59. The van der Waals surface area contributed by atoms with E-state index >= 15 is 0 Å². The van der Waals surface area contributed by atoms with Crippen LogP contribution in [-0.2, 0) is 7.05 Å². The Morgan fingerprint density at radius 3 is 2.93 bits per heavy atom. The fraction of sp³-hybridized carbons (Fsp3) is 0.364. The molecule has 0 aliphatic rings. The first kappa shape index (κ1) is 9.98. The number of benzene rings is 1. The Labute approximate surface area is 86.8 Å². The predicted molar refractivity (Wildman–Crippen MR) is 56.7 cm³/mol. The molecule has 0 unspecified atom stereocenters. The van der Waals surface area contributed by atoms with Gasteiger partial charge in [0, 0.05) is 7.05 Å². The lowest BCUT2D eigenvalue weighted by molar-refractivity contribution is 0.173. The maximum Gasteiger partial charge on any atom is 0.419 e. The van der Waals surface area contributed by atoms with E-state index in [2.05, 4.69) is 0 Å². The molecule has 1 atom stereocenters. The molecule has 0 amide bonds. The number of aromatic nitrogens is 1. The molecule has 0 saturated heterocycles. The minimum Gasteiger partial charge on any atom is -0.408 e. The quantitative estimate of drug-likeness (QED) is 0.813. The van der Waals surface area contributed by atoms with Crippen LogP contribution in [0.1, 0.15) is 25.0 Å². The second-order valence-electron chi connectivity index (χ2n) is 3.58. The predicted octanol–water partition coefficient (Wildman–Crippen LogP) is 1.57. The summed E-state index contributed by atoms with van der Waals surface area (Å²) < 4.78 is 6.47. The fourth-order valence-electron chi connectivity index (χ4n) is 1.59. The van der Waals surface area contributed by atoms with Gasteiger partial charge in [0.15, 0.2) is 5.58 Å². The lowest BCUT2D eigenvalue weighted by Gasteiger charge is -2.06. The highest BCUT2D eigenvalue weighted by molar-refractivity contribution is 5.73. The number of aliphatic hydroxyl groups excluding tert-OH is 1. The number of rotatable bonds is 2. The van der Waals surface area contributed by atoms with Crippen LogP contribution in [0.4, 0.5) is 0 Å². The van der Waals surface area contributed by atoms with Crippen LogP contribution < -0.4 is 5.76 Å². The van der Waals surface area contributed by atoms with Crippen molar-refractivity contribution in [1.29, 1.82) is 0 Å². The summed E-state index contributed by atoms with van der Waals surface area (Å²) in [5.41, 5.74) is 2.04. The van der Waals surface area contributed by atoms with E-state index in [1.807, 2.05) is 13.0 Å². The minimum atomic E-state index is -0.500. The SMILES string of the molecule is CC[C@@H](O)c1ccc2c(c1)oc(=O)n2C. The van der Waals surface area contributed by atoms with Crippen LogP contribution in [0, 0.1) is 0 Å². The number of oxazole rings is 1. The van der Waals surface area contributed by atoms with E-state index in [1.54, 1.807) is 19.2 Å². The summed E-state index contributed by atoms with van der Waals surface area (Å²) in [5.74, 6) is -0.381. The molecule has 2 aromatic rings. The first-order valence-corrected chi connectivity index (χ1v) is 4.91. The molecule has 0 aliphatic heterocycles. The second-order valence-corrected chi connectivity index (χ2v) is 3.58. The lowest BCUT2D eigenvalue weighted by atomic mass is 10.1. The summed E-state index contributed by atoms with van der Waals surface area (Å²) in [6, 6.07) is 5.31. The van der Waals surface area contributed by atoms with Crippen molar-refractivity contribution in [3.63, 3.8) is 0 Å². The standard InChI is InChI=1S/C11H13NO3/c1-3-9(13)7-4-5-8-10(6-7)15-11(14)12(8)2/h4-6,9,13H,3H2,1-2H3/t9-/m1/s1. The van der Waals surface area contributed by atoms with Crippen molar-refractivity contribution in [3.8, 4) is 0 Å². The first-order chi connectivity index (χ1) is 7.13. The molecule has 1 N–H and O–H groups in total. The molecule has 0 fully saturated rings. The van der Waals surface area contributed by atoms with Gasteiger partial charge in [0.25, 0.3) is 0 Å². The van der Waals surface area contributed by atoms with Crippen LogP contribution in [0.2, 0.25) is 0 Å². The Bertz CT molecular complexity index is 538. The van der Waals surface area contributed by atoms with Crippen molar-refractivity contribution < 1.29 is 9.52 Å². The molecule has 0 saturated carbocycles. The highest BCUT2D eigenvalue weighted by atomic mass is 16.4. The zero-order chi connectivity index (χ0) is 11.0. The van der Waals surface area contributed by atoms with Crippen LogP contribution in [0.25, 0.3) is 11.1 Å². The van der Waals surface area contributed by atoms with Gasteiger partial charge in [-0.3, -0.25) is 4.57 Å². The first-order valence-electron chi connectivity index (χ1n) is 4.91. The summed E-state index contributed by atoms with van der Waals surface area (Å²) in [4.78, 5) is 11.2. The third kappa shape index (κ3) is 1.57. The second kappa shape index (κ2) is 3.55. The molecule has 15 heavy (non-hydrogen) atoms. The number of nitrogens with zero attached hydrogens (tertiary/aromatic N) is 1. The summed E-state index contributed by atoms with van der Waals surface area (Å²) in [5, 5.41) is 9.64. The van der Waals surface area contributed by atoms with Gasteiger partial charge in [-0.05, 0) is 24.1 Å². The molecule has 1 aromatic heterocycles. The van der Waals surface area contributed by atoms with Crippen molar-refractivity contribution >= 4 is 11.1 Å². The molecular formula is C11H13NO3. The van der Waals surface area contributed by atoms with Gasteiger partial charge >= 0.3 is 5.76 Å². The molecule has 0 radical (unpaired) electrons. The Kier molecular flexibility index (Phi) is 2.36. The maximum atomic E-state index is 11.2. The highest BCUT2D eigenvalue weighted by Gasteiger charge is 2.09. The Morgan fingerprint density at radius 2 is 2.27 bits per heavy atom.